The second-order valence-corrected chi connectivity index (χ2v) is 6.36. The van der Waals surface area contributed by atoms with Gasteiger partial charge in [-0.3, -0.25) is 10.0 Å². The van der Waals surface area contributed by atoms with Crippen molar-refractivity contribution in [3.63, 3.8) is 0 Å². The number of methoxy groups -OCH3 is 2. The van der Waals surface area contributed by atoms with Crippen LogP contribution in [0.4, 0.5) is 11.4 Å². The minimum atomic E-state index is -0.386. The molecule has 0 aliphatic carbocycles. The van der Waals surface area contributed by atoms with Gasteiger partial charge >= 0.3 is 11.9 Å². The number of benzene rings is 2. The highest BCUT2D eigenvalue weighted by atomic mass is 16.5. The number of ether oxygens (including phenoxy) is 2. The molecule has 0 unspecified atom stereocenters. The molecule has 0 spiro atoms. The number of piperazine rings is 1. The Morgan fingerprint density at radius 3 is 1.30 bits per heavy atom. The lowest BCUT2D eigenvalue weighted by Gasteiger charge is -2.29. The van der Waals surface area contributed by atoms with E-state index in [1.807, 2.05) is 10.0 Å². The third-order valence-corrected chi connectivity index (χ3v) is 4.38. The van der Waals surface area contributed by atoms with Gasteiger partial charge in [0.05, 0.1) is 62.9 Å². The molecule has 1 fully saturated rings. The lowest BCUT2D eigenvalue weighted by Crippen LogP contribution is -2.40. The zero-order valence-electron chi connectivity index (χ0n) is 16.8. The topological polar surface area (TPSA) is 109 Å². The van der Waals surface area contributed by atoms with Crippen molar-refractivity contribution >= 4 is 23.3 Å². The van der Waals surface area contributed by atoms with Crippen molar-refractivity contribution in [2.75, 3.05) is 40.4 Å². The first-order chi connectivity index (χ1) is 14.6. The number of rotatable bonds is 6. The van der Waals surface area contributed by atoms with Crippen LogP contribution in [0, 0.1) is 0 Å². The van der Waals surface area contributed by atoms with Crippen LogP contribution < -0.4 is 0 Å². The van der Waals surface area contributed by atoms with E-state index in [1.54, 1.807) is 48.5 Å². The van der Waals surface area contributed by atoms with Gasteiger partial charge in [0.15, 0.2) is 0 Å². The molecule has 1 aliphatic heterocycles. The molecule has 0 radical (unpaired) electrons. The molecule has 0 saturated carbocycles. The van der Waals surface area contributed by atoms with E-state index in [9.17, 15) is 9.59 Å². The summed E-state index contributed by atoms with van der Waals surface area (Å²) < 4.78 is 9.34. The second kappa shape index (κ2) is 10.1. The lowest BCUT2D eigenvalue weighted by molar-refractivity contribution is 0.0592. The summed E-state index contributed by atoms with van der Waals surface area (Å²) in [5.74, 6) is -0.772. The monoisotopic (exact) mass is 410 g/mol. The van der Waals surface area contributed by atoms with Gasteiger partial charge in [-0.2, -0.15) is 0 Å². The molecule has 0 atom stereocenters. The molecule has 0 bridgehead atoms. The van der Waals surface area contributed by atoms with E-state index in [0.29, 0.717) is 48.7 Å². The molecule has 2 aromatic carbocycles. The molecule has 156 valence electrons. The van der Waals surface area contributed by atoms with Crippen molar-refractivity contribution in [2.45, 2.75) is 0 Å². The van der Waals surface area contributed by atoms with Crippen LogP contribution in [-0.4, -0.2) is 62.4 Å². The summed E-state index contributed by atoms with van der Waals surface area (Å²) >= 11 is 0. The first-order valence-electron chi connectivity index (χ1n) is 9.29. The van der Waals surface area contributed by atoms with Gasteiger partial charge in [0.1, 0.15) is 0 Å². The van der Waals surface area contributed by atoms with E-state index in [-0.39, 0.29) is 11.9 Å². The molecule has 0 N–H and O–H groups in total. The van der Waals surface area contributed by atoms with E-state index in [0.717, 1.165) is 0 Å². The number of carbonyl (C=O) groups excluding carboxylic acids is 2. The first kappa shape index (κ1) is 20.9. The standard InChI is InChI=1S/C20H22N6O4/c1-29-19(27)15-3-7-17(8-4-15)21-23-25-11-13-26(14-12-25)24-22-18-9-5-16(6-10-18)20(28)30-2/h3-10H,11-14H2,1-2H3. The van der Waals surface area contributed by atoms with Crippen LogP contribution in [0.25, 0.3) is 0 Å². The van der Waals surface area contributed by atoms with E-state index >= 15 is 0 Å². The molecule has 1 aliphatic rings. The second-order valence-electron chi connectivity index (χ2n) is 6.36. The fourth-order valence-corrected chi connectivity index (χ4v) is 2.66. The molecule has 1 saturated heterocycles. The molecule has 1 heterocycles. The normalized spacial score (nSPS) is 14.3. The van der Waals surface area contributed by atoms with Crippen LogP contribution >= 0.6 is 0 Å². The van der Waals surface area contributed by atoms with Gasteiger partial charge in [-0.1, -0.05) is 10.4 Å². The maximum Gasteiger partial charge on any atom is 0.337 e. The van der Waals surface area contributed by atoms with Crippen LogP contribution in [-0.2, 0) is 9.47 Å². The van der Waals surface area contributed by atoms with Crippen molar-refractivity contribution < 1.29 is 19.1 Å². The Bertz CT molecular complexity index is 842. The minimum absolute atomic E-state index is 0.386. The van der Waals surface area contributed by atoms with Crippen molar-refractivity contribution in [3.05, 3.63) is 59.7 Å². The number of esters is 2. The largest absolute Gasteiger partial charge is 0.465 e. The van der Waals surface area contributed by atoms with Gasteiger partial charge < -0.3 is 9.47 Å². The highest BCUT2D eigenvalue weighted by Gasteiger charge is 2.14. The summed E-state index contributed by atoms with van der Waals surface area (Å²) in [6.07, 6.45) is 0. The van der Waals surface area contributed by atoms with Crippen molar-refractivity contribution in [1.82, 2.24) is 10.0 Å². The van der Waals surface area contributed by atoms with Crippen LogP contribution in [0.2, 0.25) is 0 Å². The van der Waals surface area contributed by atoms with Crippen molar-refractivity contribution in [3.8, 4) is 0 Å². The Labute approximate surface area is 173 Å². The van der Waals surface area contributed by atoms with E-state index in [2.05, 4.69) is 30.1 Å². The van der Waals surface area contributed by atoms with E-state index in [1.165, 1.54) is 14.2 Å². The van der Waals surface area contributed by atoms with Crippen molar-refractivity contribution in [1.29, 1.82) is 0 Å². The fourth-order valence-electron chi connectivity index (χ4n) is 2.66. The summed E-state index contributed by atoms with van der Waals surface area (Å²) in [7, 11) is 2.69. The predicted molar refractivity (Wildman–Crippen MR) is 108 cm³/mol. The van der Waals surface area contributed by atoms with Gasteiger partial charge in [0.2, 0.25) is 0 Å². The fraction of sp³-hybridized carbons (Fsp3) is 0.300. The molecule has 10 nitrogen and oxygen atoms in total. The molecule has 3 rings (SSSR count). The minimum Gasteiger partial charge on any atom is -0.465 e. The predicted octanol–water partition coefficient (Wildman–Crippen LogP) is 3.58. The van der Waals surface area contributed by atoms with Gasteiger partial charge in [-0.25, -0.2) is 9.59 Å². The van der Waals surface area contributed by atoms with Crippen LogP contribution in [0.1, 0.15) is 20.7 Å². The smallest absolute Gasteiger partial charge is 0.337 e. The molecule has 0 amide bonds. The zero-order chi connectivity index (χ0) is 21.3. The molecule has 30 heavy (non-hydrogen) atoms. The summed E-state index contributed by atoms with van der Waals surface area (Å²) in [6.45, 7) is 2.63. The highest BCUT2D eigenvalue weighted by Crippen LogP contribution is 2.17. The third-order valence-electron chi connectivity index (χ3n) is 4.38. The number of hydrogen-bond acceptors (Lipinski definition) is 8. The Balaban J connectivity index is 1.47. The van der Waals surface area contributed by atoms with Gasteiger partial charge in [0.25, 0.3) is 0 Å². The number of hydrogen-bond donors (Lipinski definition) is 0. The Kier molecular flexibility index (Phi) is 7.04. The molecule has 10 heteroatoms. The van der Waals surface area contributed by atoms with Crippen molar-refractivity contribution in [2.24, 2.45) is 20.7 Å². The van der Waals surface area contributed by atoms with E-state index < -0.39 is 0 Å². The summed E-state index contributed by atoms with van der Waals surface area (Å²) in [4.78, 5) is 22.9. The molecule has 2 aromatic rings. The molecular weight excluding hydrogens is 388 g/mol. The Hall–Kier alpha value is -3.82. The number of nitrogens with zero attached hydrogens (tertiary/aromatic N) is 6. The van der Waals surface area contributed by atoms with Gasteiger partial charge in [-0.15, -0.1) is 10.2 Å². The quantitative estimate of drug-likeness (QED) is 0.532. The molecule has 0 aromatic heterocycles. The average Bonchev–Trinajstić information content (AvgIpc) is 2.81. The van der Waals surface area contributed by atoms with Crippen LogP contribution in [0.5, 0.6) is 0 Å². The Morgan fingerprint density at radius 2 is 1.00 bits per heavy atom. The summed E-state index contributed by atoms with van der Waals surface area (Å²) in [6, 6.07) is 13.5. The Morgan fingerprint density at radius 1 is 0.667 bits per heavy atom. The van der Waals surface area contributed by atoms with E-state index in [4.69, 9.17) is 0 Å². The summed E-state index contributed by atoms with van der Waals surface area (Å²) in [5.41, 5.74) is 2.24. The first-order valence-corrected chi connectivity index (χ1v) is 9.29. The zero-order valence-corrected chi connectivity index (χ0v) is 16.8. The third kappa shape index (κ3) is 5.60. The lowest BCUT2D eigenvalue weighted by atomic mass is 10.2. The van der Waals surface area contributed by atoms with Crippen LogP contribution in [0.15, 0.2) is 69.2 Å². The maximum absolute atomic E-state index is 11.4. The average molecular weight is 410 g/mol. The number of carbonyl (C=O) groups is 2. The van der Waals surface area contributed by atoms with Gasteiger partial charge in [0, 0.05) is 0 Å². The highest BCUT2D eigenvalue weighted by molar-refractivity contribution is 5.90. The van der Waals surface area contributed by atoms with Gasteiger partial charge in [-0.05, 0) is 48.5 Å². The molecular formula is C20H22N6O4. The maximum atomic E-state index is 11.4. The van der Waals surface area contributed by atoms with Crippen LogP contribution in [0.3, 0.4) is 0 Å². The SMILES string of the molecule is COC(=O)c1ccc(N=NN2CCN(N=Nc3ccc(C(=O)OC)cc3)CC2)cc1. The summed E-state index contributed by atoms with van der Waals surface area (Å²) in [5, 5.41) is 20.6.